The summed E-state index contributed by atoms with van der Waals surface area (Å²) in [5.74, 6) is -0.264. The van der Waals surface area contributed by atoms with Gasteiger partial charge in [-0.3, -0.25) is 10.1 Å². The van der Waals surface area contributed by atoms with Crippen molar-refractivity contribution < 1.29 is 28.6 Å². The smallest absolute Gasteiger partial charge is 0.338 e. The Kier molecular flexibility index (Phi) is 7.54. The first-order valence-electron chi connectivity index (χ1n) is 7.49. The summed E-state index contributed by atoms with van der Waals surface area (Å²) in [5, 5.41) is 1.80. The SMILES string of the molecule is CCOc1cc(C(=O)OCC(=O)NC(N)=O)ccc1OCC(C)C. The standard InChI is InChI=1S/C16H22N2O6/c1-4-22-13-7-11(5-6-12(13)23-8-10(2)3)15(20)24-9-14(19)18-16(17)21/h5-7,10H,4,8-9H2,1-3H3,(H3,17,18,19,21). The highest BCUT2D eigenvalue weighted by Gasteiger charge is 2.15. The fourth-order valence-corrected chi connectivity index (χ4v) is 1.67. The number of urea groups is 1. The van der Waals surface area contributed by atoms with Gasteiger partial charge in [0.15, 0.2) is 18.1 Å². The van der Waals surface area contributed by atoms with Crippen LogP contribution in [0.1, 0.15) is 31.1 Å². The number of nitrogens with two attached hydrogens (primary N) is 1. The van der Waals surface area contributed by atoms with Gasteiger partial charge in [0.05, 0.1) is 18.8 Å². The summed E-state index contributed by atoms with van der Waals surface area (Å²) >= 11 is 0. The molecule has 0 bridgehead atoms. The largest absolute Gasteiger partial charge is 0.490 e. The maximum Gasteiger partial charge on any atom is 0.338 e. The quantitative estimate of drug-likeness (QED) is 0.693. The van der Waals surface area contributed by atoms with Crippen molar-refractivity contribution in [3.05, 3.63) is 23.8 Å². The third kappa shape index (κ3) is 6.55. The molecule has 0 aromatic heterocycles. The van der Waals surface area contributed by atoms with Gasteiger partial charge in [-0.25, -0.2) is 9.59 Å². The molecule has 1 rings (SSSR count). The number of hydrogen-bond donors (Lipinski definition) is 2. The van der Waals surface area contributed by atoms with E-state index in [0.29, 0.717) is 30.6 Å². The Balaban J connectivity index is 2.76. The first-order valence-corrected chi connectivity index (χ1v) is 7.49. The van der Waals surface area contributed by atoms with Crippen LogP contribution in [-0.4, -0.2) is 37.7 Å². The molecular formula is C16H22N2O6. The average Bonchev–Trinajstić information content (AvgIpc) is 2.50. The number of benzene rings is 1. The van der Waals surface area contributed by atoms with E-state index in [1.54, 1.807) is 11.4 Å². The third-order valence-corrected chi connectivity index (χ3v) is 2.65. The van der Waals surface area contributed by atoms with Crippen molar-refractivity contribution >= 4 is 17.9 Å². The summed E-state index contributed by atoms with van der Waals surface area (Å²) in [6.45, 7) is 6.14. The van der Waals surface area contributed by atoms with E-state index in [4.69, 9.17) is 19.9 Å². The second-order valence-electron chi connectivity index (χ2n) is 5.29. The van der Waals surface area contributed by atoms with E-state index in [1.165, 1.54) is 12.1 Å². The van der Waals surface area contributed by atoms with Crippen molar-refractivity contribution in [2.45, 2.75) is 20.8 Å². The summed E-state index contributed by atoms with van der Waals surface area (Å²) in [5.41, 5.74) is 4.99. The second kappa shape index (κ2) is 9.39. The number of rotatable bonds is 8. The lowest BCUT2D eigenvalue weighted by molar-refractivity contribution is -0.123. The van der Waals surface area contributed by atoms with Crippen LogP contribution in [-0.2, 0) is 9.53 Å². The maximum absolute atomic E-state index is 12.0. The summed E-state index contributed by atoms with van der Waals surface area (Å²) < 4.78 is 15.9. The number of ether oxygens (including phenoxy) is 3. The minimum Gasteiger partial charge on any atom is -0.490 e. The highest BCUT2D eigenvalue weighted by molar-refractivity contribution is 5.96. The Hall–Kier alpha value is -2.77. The molecular weight excluding hydrogens is 316 g/mol. The van der Waals surface area contributed by atoms with Crippen LogP contribution in [0.2, 0.25) is 0 Å². The number of hydrogen-bond acceptors (Lipinski definition) is 6. The summed E-state index contributed by atoms with van der Waals surface area (Å²) in [6, 6.07) is 3.58. The molecule has 0 atom stereocenters. The molecule has 132 valence electrons. The molecule has 3 amide bonds. The van der Waals surface area contributed by atoms with Crippen LogP contribution >= 0.6 is 0 Å². The molecule has 24 heavy (non-hydrogen) atoms. The Morgan fingerprint density at radius 1 is 1.17 bits per heavy atom. The van der Waals surface area contributed by atoms with Gasteiger partial charge in [0.2, 0.25) is 0 Å². The molecule has 0 aliphatic rings. The second-order valence-corrected chi connectivity index (χ2v) is 5.29. The molecule has 0 saturated heterocycles. The van der Waals surface area contributed by atoms with Gasteiger partial charge in [-0.15, -0.1) is 0 Å². The molecule has 8 heteroatoms. The highest BCUT2D eigenvalue weighted by Crippen LogP contribution is 2.29. The van der Waals surface area contributed by atoms with Crippen molar-refractivity contribution in [1.82, 2.24) is 5.32 Å². The lowest BCUT2D eigenvalue weighted by Gasteiger charge is -2.14. The number of primary amides is 1. The lowest BCUT2D eigenvalue weighted by atomic mass is 10.2. The van der Waals surface area contributed by atoms with Crippen LogP contribution in [0.15, 0.2) is 18.2 Å². The van der Waals surface area contributed by atoms with Crippen molar-refractivity contribution in [1.29, 1.82) is 0 Å². The van der Waals surface area contributed by atoms with Crippen molar-refractivity contribution in [2.75, 3.05) is 19.8 Å². The predicted molar refractivity (Wildman–Crippen MR) is 86.0 cm³/mol. The summed E-state index contributed by atoms with van der Waals surface area (Å²) in [4.78, 5) is 33.7. The van der Waals surface area contributed by atoms with Crippen molar-refractivity contribution in [3.63, 3.8) is 0 Å². The molecule has 0 spiro atoms. The molecule has 0 saturated carbocycles. The van der Waals surface area contributed by atoms with E-state index in [9.17, 15) is 14.4 Å². The maximum atomic E-state index is 12.0. The number of imide groups is 1. The van der Waals surface area contributed by atoms with Crippen LogP contribution < -0.4 is 20.5 Å². The van der Waals surface area contributed by atoms with Gasteiger partial charge in [0.1, 0.15) is 0 Å². The van der Waals surface area contributed by atoms with E-state index < -0.39 is 24.5 Å². The van der Waals surface area contributed by atoms with Gasteiger partial charge in [0.25, 0.3) is 5.91 Å². The monoisotopic (exact) mass is 338 g/mol. The van der Waals surface area contributed by atoms with Gasteiger partial charge in [0, 0.05) is 0 Å². The molecule has 0 unspecified atom stereocenters. The topological polar surface area (TPSA) is 117 Å². The fraction of sp³-hybridized carbons (Fsp3) is 0.438. The first-order chi connectivity index (χ1) is 11.3. The van der Waals surface area contributed by atoms with E-state index in [0.717, 1.165) is 0 Å². The average molecular weight is 338 g/mol. The number of carbonyl (C=O) groups is 3. The fourth-order valence-electron chi connectivity index (χ4n) is 1.67. The molecule has 0 aliphatic heterocycles. The van der Waals surface area contributed by atoms with E-state index >= 15 is 0 Å². The third-order valence-electron chi connectivity index (χ3n) is 2.65. The molecule has 1 aromatic rings. The molecule has 0 aliphatic carbocycles. The molecule has 1 aromatic carbocycles. The van der Waals surface area contributed by atoms with Gasteiger partial charge in [-0.05, 0) is 31.0 Å². The Morgan fingerprint density at radius 3 is 2.46 bits per heavy atom. The number of amides is 3. The van der Waals surface area contributed by atoms with Crippen molar-refractivity contribution in [2.24, 2.45) is 11.7 Å². The number of esters is 1. The van der Waals surface area contributed by atoms with Crippen LogP contribution in [0.3, 0.4) is 0 Å². The zero-order valence-electron chi connectivity index (χ0n) is 14.0. The Morgan fingerprint density at radius 2 is 1.88 bits per heavy atom. The normalized spacial score (nSPS) is 10.2. The van der Waals surface area contributed by atoms with E-state index in [2.05, 4.69) is 0 Å². The Labute approximate surface area is 140 Å². The van der Waals surface area contributed by atoms with Gasteiger partial charge < -0.3 is 19.9 Å². The van der Waals surface area contributed by atoms with Gasteiger partial charge >= 0.3 is 12.0 Å². The van der Waals surface area contributed by atoms with Crippen LogP contribution in [0, 0.1) is 5.92 Å². The van der Waals surface area contributed by atoms with Crippen LogP contribution in [0.5, 0.6) is 11.5 Å². The first kappa shape index (κ1) is 19.3. The molecule has 8 nitrogen and oxygen atoms in total. The minimum absolute atomic E-state index is 0.197. The summed E-state index contributed by atoms with van der Waals surface area (Å²) in [6.07, 6.45) is 0. The molecule has 3 N–H and O–H groups in total. The van der Waals surface area contributed by atoms with E-state index in [1.807, 2.05) is 20.8 Å². The predicted octanol–water partition coefficient (Wildman–Crippen LogP) is 1.47. The van der Waals surface area contributed by atoms with Gasteiger partial charge in [-0.1, -0.05) is 13.8 Å². The Bertz CT molecular complexity index is 600. The van der Waals surface area contributed by atoms with E-state index in [-0.39, 0.29) is 5.56 Å². The lowest BCUT2D eigenvalue weighted by Crippen LogP contribution is -2.37. The van der Waals surface area contributed by atoms with Gasteiger partial charge in [-0.2, -0.15) is 0 Å². The molecule has 0 radical (unpaired) electrons. The molecule has 0 heterocycles. The number of carbonyl (C=O) groups excluding carboxylic acids is 3. The zero-order valence-corrected chi connectivity index (χ0v) is 14.0. The summed E-state index contributed by atoms with van der Waals surface area (Å²) in [7, 11) is 0. The highest BCUT2D eigenvalue weighted by atomic mass is 16.5. The van der Waals surface area contributed by atoms with Crippen LogP contribution in [0.4, 0.5) is 4.79 Å². The zero-order chi connectivity index (χ0) is 18.1. The van der Waals surface area contributed by atoms with Crippen LogP contribution in [0.25, 0.3) is 0 Å². The van der Waals surface area contributed by atoms with Crippen molar-refractivity contribution in [3.8, 4) is 11.5 Å². The minimum atomic E-state index is -1.01. The molecule has 0 fully saturated rings. The number of nitrogens with one attached hydrogen (secondary N) is 1.